The molecule has 10 rings (SSSR count). The Kier molecular flexibility index (Phi) is 4.75. The third kappa shape index (κ3) is 3.18. The van der Waals surface area contributed by atoms with Crippen molar-refractivity contribution >= 4 is 95.7 Å². The number of fused-ring (bicyclic) bond motifs is 13. The van der Waals surface area contributed by atoms with E-state index in [-0.39, 0.29) is 0 Å². The number of para-hydroxylation sites is 1. The quantitative estimate of drug-likeness (QED) is 0.203. The van der Waals surface area contributed by atoms with Crippen LogP contribution in [0.4, 0.5) is 0 Å². The van der Waals surface area contributed by atoms with Crippen molar-refractivity contribution in [1.82, 2.24) is 14.5 Å². The largest absolute Gasteiger partial charge is 0.291 e. The molecule has 0 aliphatic rings. The molecule has 4 heterocycles. The molecule has 0 aliphatic heterocycles. The van der Waals surface area contributed by atoms with Crippen molar-refractivity contribution in [3.63, 3.8) is 0 Å². The smallest absolute Gasteiger partial charge is 0.162 e. The standard InChI is InChI=1S/C38H21N3S2/c1-2-12-22(13-3-1)37-39-33-27-18-8-11-21-30(27)43-36(33)38(40-37)41-28-19-9-6-16-25(28)31-23-14-4-5-15-24(23)32-26-17-7-10-20-29(26)42-35(32)34(31)41/h1-21H. The zero-order chi connectivity index (χ0) is 28.1. The van der Waals surface area contributed by atoms with Gasteiger partial charge in [0.25, 0.3) is 0 Å². The second-order valence-corrected chi connectivity index (χ2v) is 13.0. The molecule has 43 heavy (non-hydrogen) atoms. The highest BCUT2D eigenvalue weighted by atomic mass is 32.1. The summed E-state index contributed by atoms with van der Waals surface area (Å²) in [6.45, 7) is 0. The Bertz CT molecular complexity index is 2730. The van der Waals surface area contributed by atoms with Crippen LogP contribution in [0.5, 0.6) is 0 Å². The molecule has 0 radical (unpaired) electrons. The third-order valence-electron chi connectivity index (χ3n) is 8.60. The summed E-state index contributed by atoms with van der Waals surface area (Å²) in [6, 6.07) is 45.4. The highest BCUT2D eigenvalue weighted by Gasteiger charge is 2.25. The van der Waals surface area contributed by atoms with E-state index in [2.05, 4.69) is 126 Å². The maximum atomic E-state index is 5.42. The molecule has 10 aromatic rings. The fraction of sp³-hybridized carbons (Fsp3) is 0. The van der Waals surface area contributed by atoms with Crippen LogP contribution in [0.25, 0.3) is 90.3 Å². The number of benzene rings is 6. The normalized spacial score (nSPS) is 12.2. The van der Waals surface area contributed by atoms with Gasteiger partial charge in [0.05, 0.1) is 25.9 Å². The van der Waals surface area contributed by atoms with E-state index in [1.165, 1.54) is 57.3 Å². The molecule has 5 heteroatoms. The van der Waals surface area contributed by atoms with Crippen molar-refractivity contribution in [3.05, 3.63) is 127 Å². The molecule has 0 saturated carbocycles. The lowest BCUT2D eigenvalue weighted by Crippen LogP contribution is -2.01. The summed E-state index contributed by atoms with van der Waals surface area (Å²) in [4.78, 5) is 10.6. The summed E-state index contributed by atoms with van der Waals surface area (Å²) in [5, 5.41) is 8.87. The summed E-state index contributed by atoms with van der Waals surface area (Å²) in [7, 11) is 0. The zero-order valence-corrected chi connectivity index (χ0v) is 24.4. The Labute approximate surface area is 253 Å². The van der Waals surface area contributed by atoms with Gasteiger partial charge in [-0.05, 0) is 29.0 Å². The van der Waals surface area contributed by atoms with Gasteiger partial charge >= 0.3 is 0 Å². The van der Waals surface area contributed by atoms with Crippen molar-refractivity contribution in [2.75, 3.05) is 0 Å². The maximum absolute atomic E-state index is 5.42. The minimum atomic E-state index is 0.742. The first kappa shape index (κ1) is 23.5. The van der Waals surface area contributed by atoms with Gasteiger partial charge in [0.2, 0.25) is 0 Å². The molecule has 0 bridgehead atoms. The van der Waals surface area contributed by atoms with E-state index in [1.54, 1.807) is 11.3 Å². The molecule has 4 aromatic heterocycles. The van der Waals surface area contributed by atoms with Crippen LogP contribution < -0.4 is 0 Å². The average molecular weight is 584 g/mol. The van der Waals surface area contributed by atoms with Gasteiger partial charge in [-0.25, -0.2) is 9.97 Å². The van der Waals surface area contributed by atoms with Crippen LogP contribution in [-0.4, -0.2) is 14.5 Å². The fourth-order valence-corrected chi connectivity index (χ4v) is 9.17. The Morgan fingerprint density at radius 1 is 0.465 bits per heavy atom. The number of hydrogen-bond donors (Lipinski definition) is 0. The Morgan fingerprint density at radius 3 is 1.84 bits per heavy atom. The topological polar surface area (TPSA) is 30.7 Å². The molecule has 0 saturated heterocycles. The highest BCUT2D eigenvalue weighted by Crippen LogP contribution is 2.48. The average Bonchev–Trinajstić information content (AvgIpc) is 3.75. The lowest BCUT2D eigenvalue weighted by molar-refractivity contribution is 1.09. The van der Waals surface area contributed by atoms with Crippen LogP contribution in [0.1, 0.15) is 0 Å². The van der Waals surface area contributed by atoms with Crippen molar-refractivity contribution < 1.29 is 0 Å². The van der Waals surface area contributed by atoms with Crippen molar-refractivity contribution in [2.24, 2.45) is 0 Å². The summed E-state index contributed by atoms with van der Waals surface area (Å²) in [6.07, 6.45) is 0. The number of thiophene rings is 2. The molecule has 3 nitrogen and oxygen atoms in total. The van der Waals surface area contributed by atoms with E-state index in [4.69, 9.17) is 9.97 Å². The van der Waals surface area contributed by atoms with E-state index < -0.39 is 0 Å². The minimum absolute atomic E-state index is 0.742. The number of aromatic nitrogens is 3. The van der Waals surface area contributed by atoms with Crippen molar-refractivity contribution in [3.8, 4) is 17.2 Å². The zero-order valence-electron chi connectivity index (χ0n) is 22.8. The van der Waals surface area contributed by atoms with Crippen LogP contribution in [0, 0.1) is 0 Å². The van der Waals surface area contributed by atoms with E-state index in [0.29, 0.717) is 0 Å². The summed E-state index contributed by atoms with van der Waals surface area (Å²) in [5.41, 5.74) is 4.39. The van der Waals surface area contributed by atoms with Crippen LogP contribution in [0.15, 0.2) is 127 Å². The van der Waals surface area contributed by atoms with Crippen LogP contribution in [0.2, 0.25) is 0 Å². The first-order valence-corrected chi connectivity index (χ1v) is 16.0. The van der Waals surface area contributed by atoms with Gasteiger partial charge < -0.3 is 0 Å². The minimum Gasteiger partial charge on any atom is -0.291 e. The summed E-state index contributed by atoms with van der Waals surface area (Å²) < 4.78 is 7.34. The molecule has 0 atom stereocenters. The predicted molar refractivity (Wildman–Crippen MR) is 185 cm³/mol. The van der Waals surface area contributed by atoms with Gasteiger partial charge in [0, 0.05) is 41.9 Å². The van der Waals surface area contributed by atoms with Gasteiger partial charge in [-0.3, -0.25) is 4.57 Å². The van der Waals surface area contributed by atoms with Crippen LogP contribution in [0.3, 0.4) is 0 Å². The molecule has 0 unspecified atom stereocenters. The molecule has 0 fully saturated rings. The molecular weight excluding hydrogens is 563 g/mol. The lowest BCUT2D eigenvalue weighted by Gasteiger charge is -2.12. The first-order valence-electron chi connectivity index (χ1n) is 14.4. The van der Waals surface area contributed by atoms with E-state index in [0.717, 1.165) is 32.9 Å². The van der Waals surface area contributed by atoms with E-state index in [9.17, 15) is 0 Å². The summed E-state index contributed by atoms with van der Waals surface area (Å²) in [5.74, 6) is 1.68. The predicted octanol–water partition coefficient (Wildman–Crippen LogP) is 11.1. The molecule has 6 aromatic carbocycles. The van der Waals surface area contributed by atoms with Gasteiger partial charge in [0.1, 0.15) is 0 Å². The van der Waals surface area contributed by atoms with Gasteiger partial charge in [-0.15, -0.1) is 22.7 Å². The Morgan fingerprint density at radius 2 is 1.05 bits per heavy atom. The molecule has 0 aliphatic carbocycles. The number of rotatable bonds is 2. The first-order chi connectivity index (χ1) is 21.3. The molecule has 0 amide bonds. The molecule has 200 valence electrons. The lowest BCUT2D eigenvalue weighted by atomic mass is 9.99. The van der Waals surface area contributed by atoms with Gasteiger partial charge in [-0.1, -0.05) is 109 Å². The van der Waals surface area contributed by atoms with E-state index >= 15 is 0 Å². The Hall–Kier alpha value is -5.10. The molecular formula is C38H21N3S2. The maximum Gasteiger partial charge on any atom is 0.162 e. The highest BCUT2D eigenvalue weighted by molar-refractivity contribution is 7.27. The van der Waals surface area contributed by atoms with E-state index in [1.807, 2.05) is 17.4 Å². The summed E-state index contributed by atoms with van der Waals surface area (Å²) >= 11 is 3.66. The Balaban J connectivity index is 1.49. The monoisotopic (exact) mass is 583 g/mol. The van der Waals surface area contributed by atoms with Crippen LogP contribution >= 0.6 is 22.7 Å². The van der Waals surface area contributed by atoms with Crippen molar-refractivity contribution in [1.29, 1.82) is 0 Å². The second-order valence-electron chi connectivity index (χ2n) is 10.9. The number of hydrogen-bond acceptors (Lipinski definition) is 4. The third-order valence-corrected chi connectivity index (χ3v) is 10.9. The molecule has 0 spiro atoms. The molecule has 0 N–H and O–H groups in total. The van der Waals surface area contributed by atoms with Crippen molar-refractivity contribution in [2.45, 2.75) is 0 Å². The van der Waals surface area contributed by atoms with Gasteiger partial charge in [0.15, 0.2) is 11.6 Å². The number of nitrogens with zero attached hydrogens (tertiary/aromatic N) is 3. The van der Waals surface area contributed by atoms with Gasteiger partial charge in [-0.2, -0.15) is 0 Å². The fourth-order valence-electron chi connectivity index (χ4n) is 6.79. The SMILES string of the molecule is c1ccc(-c2nc(-n3c4ccccc4c4c5ccccc5c5c6ccccc6sc5c43)c3sc4ccccc4c3n2)cc1. The second kappa shape index (κ2) is 8.71. The van der Waals surface area contributed by atoms with Crippen LogP contribution in [-0.2, 0) is 0 Å².